The second kappa shape index (κ2) is 11.0. The van der Waals surface area contributed by atoms with Crippen molar-refractivity contribution in [2.45, 2.75) is 38.1 Å². The Morgan fingerprint density at radius 2 is 1.53 bits per heavy atom. The Balaban J connectivity index is 2.06. The van der Waals surface area contributed by atoms with E-state index >= 15 is 0 Å². The quantitative estimate of drug-likeness (QED) is 0.512. The van der Waals surface area contributed by atoms with Crippen molar-refractivity contribution in [2.75, 3.05) is 32.8 Å². The highest BCUT2D eigenvalue weighted by Gasteiger charge is 2.60. The van der Waals surface area contributed by atoms with Crippen LogP contribution in [0.2, 0.25) is 0 Å². The van der Waals surface area contributed by atoms with E-state index in [4.69, 9.17) is 9.84 Å². The highest BCUT2D eigenvalue weighted by atomic mass is 19.4. The number of amides is 1. The molecular formula is C20H21F9N2O5. The molecule has 1 saturated heterocycles. The molecule has 0 saturated carbocycles. The molecule has 1 unspecified atom stereocenters. The molecule has 0 radical (unpaired) electrons. The summed E-state index contributed by atoms with van der Waals surface area (Å²) in [5.74, 6) is -2.50. The van der Waals surface area contributed by atoms with Crippen LogP contribution < -0.4 is 4.74 Å². The third-order valence-electron chi connectivity index (χ3n) is 5.14. The summed E-state index contributed by atoms with van der Waals surface area (Å²) in [6, 6.07) is 2.60. The molecule has 1 N–H and O–H groups in total. The van der Waals surface area contributed by atoms with Crippen molar-refractivity contribution in [3.05, 3.63) is 29.3 Å². The van der Waals surface area contributed by atoms with Gasteiger partial charge < -0.3 is 19.5 Å². The van der Waals surface area contributed by atoms with Gasteiger partial charge in [0.05, 0.1) is 11.5 Å². The van der Waals surface area contributed by atoms with Crippen molar-refractivity contribution in [2.24, 2.45) is 5.92 Å². The van der Waals surface area contributed by atoms with Gasteiger partial charge in [0, 0.05) is 38.3 Å². The molecule has 204 valence electrons. The zero-order valence-corrected chi connectivity index (χ0v) is 18.5. The minimum absolute atomic E-state index is 0.0501. The standard InChI is InChI=1S/C20H21F9N2O5/c1-11(15(32)33)10-35-14-8-13(18(21,22)23)3-2-12(14)9-30-4-6-31(7-5-30)17(34)36-16(19(24,25)26)20(27,28)29/h2-3,8,11,16H,4-7,9-10H2,1H3,(H,32,33). The number of nitrogens with zero attached hydrogens (tertiary/aromatic N) is 2. The number of hydrogen-bond donors (Lipinski definition) is 1. The molecule has 0 aromatic heterocycles. The fraction of sp³-hybridized carbons (Fsp3) is 0.600. The molecule has 1 aromatic rings. The Labute approximate surface area is 198 Å². The van der Waals surface area contributed by atoms with Gasteiger partial charge in [-0.15, -0.1) is 0 Å². The molecule has 2 rings (SSSR count). The van der Waals surface area contributed by atoms with Crippen molar-refractivity contribution in [3.63, 3.8) is 0 Å². The van der Waals surface area contributed by atoms with Gasteiger partial charge in [-0.05, 0) is 19.1 Å². The lowest BCUT2D eigenvalue weighted by Gasteiger charge is -2.35. The molecule has 16 heteroatoms. The first kappa shape index (κ1) is 29.3. The Morgan fingerprint density at radius 3 is 2.00 bits per heavy atom. The number of carbonyl (C=O) groups is 2. The number of aliphatic carboxylic acids is 1. The van der Waals surface area contributed by atoms with Gasteiger partial charge in [0.25, 0.3) is 6.10 Å². The van der Waals surface area contributed by atoms with Gasteiger partial charge in [0.2, 0.25) is 0 Å². The van der Waals surface area contributed by atoms with Crippen molar-refractivity contribution < 1.29 is 63.7 Å². The smallest absolute Gasteiger partial charge is 0.434 e. The lowest BCUT2D eigenvalue weighted by atomic mass is 10.1. The van der Waals surface area contributed by atoms with Crippen LogP contribution in [0.4, 0.5) is 44.3 Å². The average Bonchev–Trinajstić information content (AvgIpc) is 2.74. The molecule has 1 atom stereocenters. The van der Waals surface area contributed by atoms with E-state index in [1.807, 2.05) is 0 Å². The zero-order chi connectivity index (χ0) is 27.5. The second-order valence-electron chi connectivity index (χ2n) is 7.98. The van der Waals surface area contributed by atoms with Crippen molar-refractivity contribution in [3.8, 4) is 5.75 Å². The topological polar surface area (TPSA) is 79.3 Å². The number of benzene rings is 1. The minimum Gasteiger partial charge on any atom is -0.492 e. The van der Waals surface area contributed by atoms with Crippen LogP contribution in [0.15, 0.2) is 18.2 Å². The summed E-state index contributed by atoms with van der Waals surface area (Å²) in [6.45, 7) is 0.0836. The number of piperazine rings is 1. The van der Waals surface area contributed by atoms with Crippen LogP contribution in [0.3, 0.4) is 0 Å². The first-order valence-corrected chi connectivity index (χ1v) is 10.3. The lowest BCUT2D eigenvalue weighted by molar-refractivity contribution is -0.308. The van der Waals surface area contributed by atoms with Crippen LogP contribution in [-0.4, -0.2) is 78.2 Å². The van der Waals surface area contributed by atoms with E-state index in [1.54, 1.807) is 4.90 Å². The Bertz CT molecular complexity index is 912. The maximum atomic E-state index is 13.1. The number of hydrogen-bond acceptors (Lipinski definition) is 5. The third kappa shape index (κ3) is 8.06. The third-order valence-corrected chi connectivity index (χ3v) is 5.14. The number of rotatable bonds is 7. The summed E-state index contributed by atoms with van der Waals surface area (Å²) in [7, 11) is 0. The van der Waals surface area contributed by atoms with E-state index in [1.165, 1.54) is 6.92 Å². The van der Waals surface area contributed by atoms with E-state index in [0.717, 1.165) is 12.1 Å². The molecule has 1 fully saturated rings. The fourth-order valence-corrected chi connectivity index (χ4v) is 3.11. The van der Waals surface area contributed by atoms with Crippen molar-refractivity contribution >= 4 is 12.1 Å². The fourth-order valence-electron chi connectivity index (χ4n) is 3.11. The van der Waals surface area contributed by atoms with Crippen LogP contribution in [0.5, 0.6) is 5.75 Å². The van der Waals surface area contributed by atoms with Gasteiger partial charge in [-0.3, -0.25) is 9.69 Å². The highest BCUT2D eigenvalue weighted by molar-refractivity contribution is 5.69. The summed E-state index contributed by atoms with van der Waals surface area (Å²) < 4.78 is 124. The van der Waals surface area contributed by atoms with Crippen LogP contribution >= 0.6 is 0 Å². The van der Waals surface area contributed by atoms with Gasteiger partial charge >= 0.3 is 30.6 Å². The number of ether oxygens (including phenoxy) is 2. The molecular weight excluding hydrogens is 519 g/mol. The SMILES string of the molecule is CC(COc1cc(C(F)(F)F)ccc1CN1CCN(C(=O)OC(C(F)(F)F)C(F)(F)F)CC1)C(=O)O. The molecule has 1 amide bonds. The van der Waals surface area contributed by atoms with Crippen LogP contribution in [0.25, 0.3) is 0 Å². The van der Waals surface area contributed by atoms with Gasteiger partial charge in [-0.1, -0.05) is 6.07 Å². The maximum Gasteiger partial charge on any atom is 0.434 e. The molecule has 0 bridgehead atoms. The van der Waals surface area contributed by atoms with Gasteiger partial charge in [-0.2, -0.15) is 39.5 Å². The molecule has 7 nitrogen and oxygen atoms in total. The predicted molar refractivity (Wildman–Crippen MR) is 103 cm³/mol. The summed E-state index contributed by atoms with van der Waals surface area (Å²) in [4.78, 5) is 25.1. The Hall–Kier alpha value is -2.91. The summed E-state index contributed by atoms with van der Waals surface area (Å²) in [5, 5.41) is 8.95. The Morgan fingerprint density at radius 1 is 0.972 bits per heavy atom. The van der Waals surface area contributed by atoms with Gasteiger partial charge in [0.1, 0.15) is 12.4 Å². The predicted octanol–water partition coefficient (Wildman–Crippen LogP) is 4.55. The van der Waals surface area contributed by atoms with Crippen LogP contribution in [0.1, 0.15) is 18.1 Å². The van der Waals surface area contributed by atoms with E-state index in [0.29, 0.717) is 11.0 Å². The lowest BCUT2D eigenvalue weighted by Crippen LogP contribution is -2.52. The minimum atomic E-state index is -5.85. The van der Waals surface area contributed by atoms with E-state index < -0.39 is 54.8 Å². The number of halogens is 9. The van der Waals surface area contributed by atoms with E-state index in [2.05, 4.69) is 4.74 Å². The van der Waals surface area contributed by atoms with Gasteiger partial charge in [0.15, 0.2) is 0 Å². The van der Waals surface area contributed by atoms with E-state index in [-0.39, 0.29) is 44.0 Å². The molecule has 1 aromatic carbocycles. The highest BCUT2D eigenvalue weighted by Crippen LogP contribution is 2.36. The largest absolute Gasteiger partial charge is 0.492 e. The number of alkyl halides is 9. The first-order chi connectivity index (χ1) is 16.4. The Kier molecular flexibility index (Phi) is 8.96. The van der Waals surface area contributed by atoms with Crippen molar-refractivity contribution in [1.82, 2.24) is 9.80 Å². The van der Waals surface area contributed by atoms with Crippen LogP contribution in [0, 0.1) is 5.92 Å². The summed E-state index contributed by atoms with van der Waals surface area (Å²) in [5.41, 5.74) is -0.813. The normalized spacial score (nSPS) is 16.7. The second-order valence-corrected chi connectivity index (χ2v) is 7.98. The first-order valence-electron chi connectivity index (χ1n) is 10.3. The molecule has 1 aliphatic heterocycles. The van der Waals surface area contributed by atoms with Crippen LogP contribution in [-0.2, 0) is 22.3 Å². The average molecular weight is 540 g/mol. The number of carboxylic acids is 1. The molecule has 1 heterocycles. The van der Waals surface area contributed by atoms with Gasteiger partial charge in [-0.25, -0.2) is 4.79 Å². The van der Waals surface area contributed by atoms with Crippen molar-refractivity contribution in [1.29, 1.82) is 0 Å². The number of carbonyl (C=O) groups excluding carboxylic acids is 1. The van der Waals surface area contributed by atoms with E-state index in [9.17, 15) is 49.1 Å². The molecule has 1 aliphatic rings. The molecule has 0 spiro atoms. The summed E-state index contributed by atoms with van der Waals surface area (Å²) in [6.07, 6.45) is -22.5. The molecule has 0 aliphatic carbocycles. The maximum absolute atomic E-state index is 13.1. The summed E-state index contributed by atoms with van der Waals surface area (Å²) >= 11 is 0. The monoisotopic (exact) mass is 540 g/mol. The zero-order valence-electron chi connectivity index (χ0n) is 18.5. The molecule has 36 heavy (non-hydrogen) atoms. The number of carboxylic acid groups (broad SMARTS) is 1.